The van der Waals surface area contributed by atoms with Gasteiger partial charge in [-0.2, -0.15) is 0 Å². The second-order valence-electron chi connectivity index (χ2n) is 14.4. The maximum Gasteiger partial charge on any atom is 0.0688 e. The van der Waals surface area contributed by atoms with E-state index in [9.17, 15) is 0 Å². The molecule has 1 atom stereocenters. The van der Waals surface area contributed by atoms with Crippen molar-refractivity contribution in [3.63, 3.8) is 0 Å². The molecule has 0 saturated heterocycles. The van der Waals surface area contributed by atoms with Gasteiger partial charge in [0.1, 0.15) is 0 Å². The largest absolute Gasteiger partial charge is 0.398 e. The van der Waals surface area contributed by atoms with Crippen molar-refractivity contribution in [2.45, 2.75) is 51.4 Å². The highest BCUT2D eigenvalue weighted by Crippen LogP contribution is 2.66. The molecule has 1 spiro atoms. The van der Waals surface area contributed by atoms with Crippen LogP contribution in [0.1, 0.15) is 77.6 Å². The monoisotopic (exact) mass is 683 g/mol. The van der Waals surface area contributed by atoms with E-state index in [1.807, 2.05) is 32.0 Å². The van der Waals surface area contributed by atoms with Crippen LogP contribution in [0.5, 0.6) is 0 Å². The van der Waals surface area contributed by atoms with Gasteiger partial charge in [-0.25, -0.2) is 0 Å². The standard InChI is InChI=1S/C50H39N.C2H6/c51-46(35-16-5-2-6-17-35)32-38(34-14-3-1-4-15-34)28-27-33-13-9-20-39(31-33)40-22-12-26-45-49(40)41-21-7-8-23-42(41)50(45)43-24-10-18-36-29-30-37-19-11-25-44(50)48(37)47(36)43;1-2/h1-10,12-24,26,28,31-32H,11,25,27,29-30,51H2;1-2H3/b38-28+,46-32-;. The van der Waals surface area contributed by atoms with E-state index >= 15 is 0 Å². The zero-order chi connectivity index (χ0) is 35.9. The van der Waals surface area contributed by atoms with Gasteiger partial charge >= 0.3 is 0 Å². The van der Waals surface area contributed by atoms with Crippen molar-refractivity contribution in [3.05, 3.63) is 219 Å². The quantitative estimate of drug-likeness (QED) is 0.174. The highest BCUT2D eigenvalue weighted by Gasteiger charge is 2.54. The van der Waals surface area contributed by atoms with Gasteiger partial charge in [-0.15, -0.1) is 0 Å². The predicted octanol–water partition coefficient (Wildman–Crippen LogP) is 12.8. The van der Waals surface area contributed by atoms with Crippen LogP contribution in [-0.4, -0.2) is 0 Å². The Balaban J connectivity index is 0.00000183. The average molecular weight is 684 g/mol. The SMILES string of the molecule is CC.N/C(=C\C(=C/Cc1cccc(-c2cccc3c2-c2ccccc2C32C3=C4C(=CCC3)CCc3cccc2c34)c1)c1ccccc1)c1ccccc1. The minimum atomic E-state index is -0.234. The van der Waals surface area contributed by atoms with Crippen LogP contribution < -0.4 is 5.73 Å². The van der Waals surface area contributed by atoms with Gasteiger partial charge in [0.25, 0.3) is 0 Å². The molecule has 0 amide bonds. The summed E-state index contributed by atoms with van der Waals surface area (Å²) in [5.41, 5.74) is 29.3. The second kappa shape index (κ2) is 13.6. The molecule has 53 heavy (non-hydrogen) atoms. The van der Waals surface area contributed by atoms with Gasteiger partial charge in [-0.1, -0.05) is 172 Å². The number of allylic oxidation sites excluding steroid dienone is 7. The Morgan fingerprint density at radius 3 is 2.09 bits per heavy atom. The van der Waals surface area contributed by atoms with Crippen LogP contribution in [0.4, 0.5) is 0 Å². The number of aryl methyl sites for hydroxylation is 1. The first-order valence-corrected chi connectivity index (χ1v) is 19.4. The molecule has 0 aliphatic heterocycles. The molecule has 1 unspecified atom stereocenters. The summed E-state index contributed by atoms with van der Waals surface area (Å²) in [7, 11) is 0. The molecule has 4 aliphatic carbocycles. The molecular formula is C52H45N. The summed E-state index contributed by atoms with van der Waals surface area (Å²) in [5.74, 6) is 0. The molecule has 0 heterocycles. The van der Waals surface area contributed by atoms with E-state index in [1.54, 1.807) is 16.7 Å². The van der Waals surface area contributed by atoms with Gasteiger partial charge in [0.05, 0.1) is 5.41 Å². The fourth-order valence-electron chi connectivity index (χ4n) is 9.62. The van der Waals surface area contributed by atoms with Crippen LogP contribution in [0.3, 0.4) is 0 Å². The fraction of sp³-hybridized carbons (Fsp3) is 0.154. The van der Waals surface area contributed by atoms with E-state index in [0.29, 0.717) is 0 Å². The summed E-state index contributed by atoms with van der Waals surface area (Å²) < 4.78 is 0. The smallest absolute Gasteiger partial charge is 0.0688 e. The Kier molecular flexibility index (Phi) is 8.43. The van der Waals surface area contributed by atoms with Crippen LogP contribution in [0.15, 0.2) is 175 Å². The third-order valence-corrected chi connectivity index (χ3v) is 11.7. The van der Waals surface area contributed by atoms with Crippen molar-refractivity contribution in [1.29, 1.82) is 0 Å². The Hall–Kier alpha value is -5.92. The third kappa shape index (κ3) is 5.21. The first kappa shape index (κ1) is 33.0. The lowest BCUT2D eigenvalue weighted by molar-refractivity contribution is 0.712. The van der Waals surface area contributed by atoms with Gasteiger partial charge in [0.15, 0.2) is 0 Å². The molecule has 4 aliphatic rings. The van der Waals surface area contributed by atoms with E-state index < -0.39 is 0 Å². The number of benzene rings is 6. The van der Waals surface area contributed by atoms with Gasteiger partial charge in [-0.3, -0.25) is 0 Å². The lowest BCUT2D eigenvalue weighted by Gasteiger charge is -2.33. The van der Waals surface area contributed by atoms with Crippen molar-refractivity contribution in [3.8, 4) is 22.3 Å². The predicted molar refractivity (Wildman–Crippen MR) is 224 cm³/mol. The molecule has 1 nitrogen and oxygen atoms in total. The Morgan fingerprint density at radius 2 is 1.28 bits per heavy atom. The minimum Gasteiger partial charge on any atom is -0.398 e. The van der Waals surface area contributed by atoms with Gasteiger partial charge in [0.2, 0.25) is 0 Å². The number of rotatable bonds is 6. The van der Waals surface area contributed by atoms with E-state index in [0.717, 1.165) is 54.5 Å². The lowest BCUT2D eigenvalue weighted by atomic mass is 9.67. The molecule has 1 heteroatoms. The molecule has 0 fully saturated rings. The van der Waals surface area contributed by atoms with Crippen molar-refractivity contribution in [2.24, 2.45) is 5.73 Å². The summed E-state index contributed by atoms with van der Waals surface area (Å²) in [4.78, 5) is 0. The molecule has 2 N–H and O–H groups in total. The number of hydrogen-bond donors (Lipinski definition) is 1. The van der Waals surface area contributed by atoms with Gasteiger partial charge in [-0.05, 0) is 127 Å². The van der Waals surface area contributed by atoms with E-state index in [1.165, 1.54) is 55.6 Å². The van der Waals surface area contributed by atoms with E-state index in [4.69, 9.17) is 5.73 Å². The number of nitrogens with two attached hydrogens (primary N) is 1. The topological polar surface area (TPSA) is 26.0 Å². The number of fused-ring (bicyclic) bond motifs is 7. The third-order valence-electron chi connectivity index (χ3n) is 11.7. The summed E-state index contributed by atoms with van der Waals surface area (Å²) in [6.07, 6.45) is 12.3. The Labute approximate surface area is 314 Å². The first-order chi connectivity index (χ1) is 26.2. The molecule has 6 aromatic carbocycles. The number of hydrogen-bond acceptors (Lipinski definition) is 1. The first-order valence-electron chi connectivity index (χ1n) is 19.4. The summed E-state index contributed by atoms with van der Waals surface area (Å²) in [6.45, 7) is 4.00. The summed E-state index contributed by atoms with van der Waals surface area (Å²) in [5, 5.41) is 0. The highest BCUT2D eigenvalue weighted by atomic mass is 14.6. The molecule has 6 aromatic rings. The normalized spacial score (nSPS) is 17.8. The zero-order valence-electron chi connectivity index (χ0n) is 30.7. The Bertz CT molecular complexity index is 2490. The highest BCUT2D eigenvalue weighted by molar-refractivity contribution is 6.03. The van der Waals surface area contributed by atoms with E-state index in [2.05, 4.69) is 146 Å². The molecule has 10 rings (SSSR count). The van der Waals surface area contributed by atoms with Crippen LogP contribution in [0.25, 0.3) is 39.1 Å². The Morgan fingerprint density at radius 1 is 0.623 bits per heavy atom. The average Bonchev–Trinajstić information content (AvgIpc) is 3.71. The lowest BCUT2D eigenvalue weighted by Crippen LogP contribution is -2.27. The molecule has 0 saturated carbocycles. The summed E-state index contributed by atoms with van der Waals surface area (Å²) >= 11 is 0. The van der Waals surface area contributed by atoms with E-state index in [-0.39, 0.29) is 5.41 Å². The maximum absolute atomic E-state index is 6.65. The van der Waals surface area contributed by atoms with Crippen LogP contribution in [-0.2, 0) is 18.3 Å². The second-order valence-corrected chi connectivity index (χ2v) is 14.4. The maximum atomic E-state index is 6.65. The van der Waals surface area contributed by atoms with Crippen molar-refractivity contribution >= 4 is 16.8 Å². The zero-order valence-corrected chi connectivity index (χ0v) is 30.7. The van der Waals surface area contributed by atoms with Crippen molar-refractivity contribution < 1.29 is 0 Å². The van der Waals surface area contributed by atoms with Gasteiger partial charge < -0.3 is 5.73 Å². The molecule has 0 aromatic heterocycles. The molecule has 0 bridgehead atoms. The summed E-state index contributed by atoms with van der Waals surface area (Å²) in [6, 6.07) is 53.4. The van der Waals surface area contributed by atoms with Crippen LogP contribution in [0.2, 0.25) is 0 Å². The minimum absolute atomic E-state index is 0.234. The fourth-order valence-corrected chi connectivity index (χ4v) is 9.62. The van der Waals surface area contributed by atoms with Gasteiger partial charge in [0, 0.05) is 5.70 Å². The van der Waals surface area contributed by atoms with Crippen LogP contribution in [0, 0.1) is 0 Å². The van der Waals surface area contributed by atoms with Crippen LogP contribution >= 0.6 is 0 Å². The van der Waals surface area contributed by atoms with Crippen molar-refractivity contribution in [1.82, 2.24) is 0 Å². The molecule has 258 valence electrons. The molecule has 0 radical (unpaired) electrons. The van der Waals surface area contributed by atoms with Crippen molar-refractivity contribution in [2.75, 3.05) is 0 Å². The molecular weight excluding hydrogens is 639 g/mol.